The van der Waals surface area contributed by atoms with Gasteiger partial charge in [0, 0.05) is 18.7 Å². The van der Waals surface area contributed by atoms with Crippen molar-refractivity contribution in [1.82, 2.24) is 20.3 Å². The third kappa shape index (κ3) is 3.51. The molecule has 3 aromatic rings. The first kappa shape index (κ1) is 19.6. The monoisotopic (exact) mass is 423 g/mol. The highest BCUT2D eigenvalue weighted by molar-refractivity contribution is 5.99. The Kier molecular flexibility index (Phi) is 4.76. The molecular formula is C18H13F4N5O3. The van der Waals surface area contributed by atoms with Crippen molar-refractivity contribution in [3.05, 3.63) is 53.3 Å². The van der Waals surface area contributed by atoms with E-state index in [0.29, 0.717) is 23.5 Å². The molecule has 12 heteroatoms. The molecule has 1 aliphatic rings. The number of para-hydroxylation sites is 1. The van der Waals surface area contributed by atoms with E-state index in [1.807, 2.05) is 5.32 Å². The van der Waals surface area contributed by atoms with Crippen molar-refractivity contribution in [3.8, 4) is 0 Å². The number of carbonyl (C=O) groups is 2. The number of amides is 3. The van der Waals surface area contributed by atoms with E-state index in [1.165, 1.54) is 18.2 Å². The number of halogens is 4. The third-order valence-corrected chi connectivity index (χ3v) is 4.55. The molecule has 8 nitrogen and oxygen atoms in total. The average Bonchev–Trinajstić information content (AvgIpc) is 3.36. The largest absolute Gasteiger partial charge is 0.418 e. The van der Waals surface area contributed by atoms with Gasteiger partial charge in [-0.1, -0.05) is 6.07 Å². The molecule has 1 saturated heterocycles. The number of aromatic nitrogens is 2. The Hall–Kier alpha value is -3.70. The first-order valence-electron chi connectivity index (χ1n) is 8.74. The van der Waals surface area contributed by atoms with Gasteiger partial charge in [-0.3, -0.25) is 4.79 Å². The van der Waals surface area contributed by atoms with Crippen LogP contribution in [0.25, 0.3) is 11.0 Å². The number of fused-ring (bicyclic) bond motifs is 1. The Morgan fingerprint density at radius 2 is 1.77 bits per heavy atom. The summed E-state index contributed by atoms with van der Waals surface area (Å²) in [6.45, 7) is 0.228. The quantitative estimate of drug-likeness (QED) is 0.635. The topological polar surface area (TPSA) is 91.6 Å². The minimum atomic E-state index is -4.87. The Bertz CT molecular complexity index is 1130. The Morgan fingerprint density at radius 3 is 2.53 bits per heavy atom. The second-order valence-corrected chi connectivity index (χ2v) is 6.46. The summed E-state index contributed by atoms with van der Waals surface area (Å²) in [6.07, 6.45) is -4.47. The highest BCUT2D eigenvalue weighted by atomic mass is 19.4. The molecule has 0 saturated carbocycles. The van der Waals surface area contributed by atoms with E-state index in [1.54, 1.807) is 0 Å². The number of hydrogen-bond acceptors (Lipinski definition) is 5. The van der Waals surface area contributed by atoms with Gasteiger partial charge in [0.25, 0.3) is 5.91 Å². The first-order chi connectivity index (χ1) is 14.3. The Balaban J connectivity index is 1.58. The van der Waals surface area contributed by atoms with Crippen LogP contribution in [0.5, 0.6) is 0 Å². The molecule has 1 N–H and O–H groups in total. The molecule has 0 spiro atoms. The average molecular weight is 423 g/mol. The van der Waals surface area contributed by atoms with Gasteiger partial charge in [-0.2, -0.15) is 13.2 Å². The van der Waals surface area contributed by atoms with Crippen molar-refractivity contribution in [2.45, 2.75) is 12.6 Å². The molecule has 1 aliphatic heterocycles. The van der Waals surface area contributed by atoms with Gasteiger partial charge in [-0.05, 0) is 47.1 Å². The summed E-state index contributed by atoms with van der Waals surface area (Å²) < 4.78 is 58.1. The Morgan fingerprint density at radius 1 is 1.03 bits per heavy atom. The lowest BCUT2D eigenvalue weighted by molar-refractivity contribution is -0.137. The minimum Gasteiger partial charge on any atom is -0.303 e. The highest BCUT2D eigenvalue weighted by Crippen LogP contribution is 2.36. The predicted octanol–water partition coefficient (Wildman–Crippen LogP) is 3.68. The number of rotatable bonds is 2. The molecule has 1 aromatic heterocycles. The van der Waals surface area contributed by atoms with Crippen molar-refractivity contribution in [3.63, 3.8) is 0 Å². The molecule has 156 valence electrons. The molecular weight excluding hydrogens is 410 g/mol. The van der Waals surface area contributed by atoms with Gasteiger partial charge >= 0.3 is 12.2 Å². The summed E-state index contributed by atoms with van der Waals surface area (Å²) in [7, 11) is 0. The molecule has 1 fully saturated rings. The number of nitrogens with one attached hydrogen (secondary N) is 1. The number of urea groups is 1. The predicted molar refractivity (Wildman–Crippen MR) is 94.6 cm³/mol. The zero-order valence-corrected chi connectivity index (χ0v) is 15.1. The van der Waals surface area contributed by atoms with E-state index < -0.39 is 35.2 Å². The van der Waals surface area contributed by atoms with Gasteiger partial charge < -0.3 is 5.32 Å². The normalized spacial score (nSPS) is 14.4. The van der Waals surface area contributed by atoms with Crippen LogP contribution in [-0.2, 0) is 6.18 Å². The van der Waals surface area contributed by atoms with Crippen LogP contribution in [0.3, 0.4) is 0 Å². The smallest absolute Gasteiger partial charge is 0.303 e. The van der Waals surface area contributed by atoms with Gasteiger partial charge in [-0.15, -0.1) is 0 Å². The molecule has 0 radical (unpaired) electrons. The second kappa shape index (κ2) is 7.28. The molecule has 30 heavy (non-hydrogen) atoms. The van der Waals surface area contributed by atoms with E-state index in [-0.39, 0.29) is 18.7 Å². The number of hydrazine groups is 1. The standard InChI is InChI=1S/C18H13F4N5O3/c19-12-4-1-3-11(18(20,21)22)15(12)23-17(29)27-8-2-7-26(27)16(28)10-5-6-13-14(9-10)25-30-24-13/h1,3-6,9H,2,7-8H2,(H,23,29). The lowest BCUT2D eigenvalue weighted by Crippen LogP contribution is -2.47. The lowest BCUT2D eigenvalue weighted by atomic mass is 10.1. The zero-order valence-electron chi connectivity index (χ0n) is 15.1. The summed E-state index contributed by atoms with van der Waals surface area (Å²) in [5.74, 6) is -1.81. The van der Waals surface area contributed by atoms with Gasteiger partial charge in [0.1, 0.15) is 16.9 Å². The fourth-order valence-electron chi connectivity index (χ4n) is 3.16. The fraction of sp³-hybridized carbons (Fsp3) is 0.222. The van der Waals surface area contributed by atoms with Crippen LogP contribution < -0.4 is 5.32 Å². The number of nitrogens with zero attached hydrogens (tertiary/aromatic N) is 4. The first-order valence-corrected chi connectivity index (χ1v) is 8.74. The van der Waals surface area contributed by atoms with Crippen molar-refractivity contribution in [2.75, 3.05) is 18.4 Å². The van der Waals surface area contributed by atoms with Crippen LogP contribution in [0.15, 0.2) is 41.0 Å². The van der Waals surface area contributed by atoms with Gasteiger partial charge in [0.2, 0.25) is 0 Å². The van der Waals surface area contributed by atoms with Crippen LogP contribution >= 0.6 is 0 Å². The summed E-state index contributed by atoms with van der Waals surface area (Å²) in [4.78, 5) is 25.5. The number of alkyl halides is 3. The molecule has 2 heterocycles. The SMILES string of the molecule is O=C(Nc1c(F)cccc1C(F)(F)F)N1CCCN1C(=O)c1ccc2nonc2c1. The minimum absolute atomic E-state index is 0.0706. The molecule has 0 unspecified atom stereocenters. The summed E-state index contributed by atoms with van der Waals surface area (Å²) in [5.41, 5.74) is -1.37. The maximum absolute atomic E-state index is 14.0. The van der Waals surface area contributed by atoms with Crippen LogP contribution in [0.4, 0.5) is 28.0 Å². The number of anilines is 1. The summed E-state index contributed by atoms with van der Waals surface area (Å²) >= 11 is 0. The van der Waals surface area contributed by atoms with Crippen molar-refractivity contribution < 1.29 is 31.8 Å². The Labute approximate surface area is 166 Å². The molecule has 0 aliphatic carbocycles. The number of benzene rings is 2. The maximum Gasteiger partial charge on any atom is 0.418 e. The van der Waals surface area contributed by atoms with Gasteiger partial charge in [0.15, 0.2) is 0 Å². The van der Waals surface area contributed by atoms with Crippen LogP contribution in [0.1, 0.15) is 22.3 Å². The molecule has 3 amide bonds. The maximum atomic E-state index is 14.0. The highest BCUT2D eigenvalue weighted by Gasteiger charge is 2.37. The molecule has 4 rings (SSSR count). The van der Waals surface area contributed by atoms with E-state index in [9.17, 15) is 27.2 Å². The van der Waals surface area contributed by atoms with E-state index in [2.05, 4.69) is 14.9 Å². The number of hydrogen-bond donors (Lipinski definition) is 1. The lowest BCUT2D eigenvalue weighted by Gasteiger charge is -2.28. The molecule has 0 bridgehead atoms. The fourth-order valence-corrected chi connectivity index (χ4v) is 3.16. The van der Waals surface area contributed by atoms with E-state index in [4.69, 9.17) is 0 Å². The zero-order chi connectivity index (χ0) is 21.5. The van der Waals surface area contributed by atoms with Crippen molar-refractivity contribution >= 4 is 28.7 Å². The second-order valence-electron chi connectivity index (χ2n) is 6.46. The van der Waals surface area contributed by atoms with E-state index >= 15 is 0 Å². The van der Waals surface area contributed by atoms with Gasteiger partial charge in [0.05, 0.1) is 11.3 Å². The van der Waals surface area contributed by atoms with Crippen LogP contribution in [-0.4, -0.2) is 45.4 Å². The summed E-state index contributed by atoms with van der Waals surface area (Å²) in [6, 6.07) is 5.69. The summed E-state index contributed by atoms with van der Waals surface area (Å²) in [5, 5.41) is 11.2. The molecule has 0 atom stereocenters. The van der Waals surface area contributed by atoms with Crippen LogP contribution in [0.2, 0.25) is 0 Å². The van der Waals surface area contributed by atoms with Gasteiger partial charge in [-0.25, -0.2) is 23.8 Å². The number of carbonyl (C=O) groups excluding carboxylic acids is 2. The van der Waals surface area contributed by atoms with Crippen molar-refractivity contribution in [1.29, 1.82) is 0 Å². The van der Waals surface area contributed by atoms with Crippen LogP contribution in [0, 0.1) is 5.82 Å². The van der Waals surface area contributed by atoms with E-state index in [0.717, 1.165) is 22.2 Å². The third-order valence-electron chi connectivity index (χ3n) is 4.55. The van der Waals surface area contributed by atoms with Crippen molar-refractivity contribution in [2.24, 2.45) is 0 Å². The molecule has 2 aromatic carbocycles.